The first-order chi connectivity index (χ1) is 14.0. The first kappa shape index (κ1) is 18.4. The summed E-state index contributed by atoms with van der Waals surface area (Å²) in [7, 11) is 0. The molecule has 0 saturated heterocycles. The Hall–Kier alpha value is -1.32. The summed E-state index contributed by atoms with van der Waals surface area (Å²) in [6.45, 7) is 4.83. The summed E-state index contributed by atoms with van der Waals surface area (Å²) >= 11 is 0. The van der Waals surface area contributed by atoms with Crippen LogP contribution in [0.4, 0.5) is 0 Å². The molecule has 1 aromatic heterocycles. The van der Waals surface area contributed by atoms with Crippen LogP contribution in [-0.4, -0.2) is 21.7 Å². The Morgan fingerprint density at radius 2 is 1.90 bits per heavy atom. The molecule has 5 unspecified atom stereocenters. The van der Waals surface area contributed by atoms with Gasteiger partial charge in [-0.2, -0.15) is 5.10 Å². The SMILES string of the molecule is CC12CCC3C1C3(C)C2NC(=O)CCc1nn(C2CCCCC2)c2c1CCCC2. The maximum absolute atomic E-state index is 12.9. The molecule has 1 amide bonds. The molecule has 1 aromatic rings. The molecule has 4 nitrogen and oxygen atoms in total. The molecule has 4 saturated carbocycles. The highest BCUT2D eigenvalue weighted by molar-refractivity contribution is 5.77. The topological polar surface area (TPSA) is 46.9 Å². The Balaban J connectivity index is 1.14. The third-order valence-electron chi connectivity index (χ3n) is 9.86. The van der Waals surface area contributed by atoms with Crippen molar-refractivity contribution in [1.82, 2.24) is 15.1 Å². The van der Waals surface area contributed by atoms with Crippen molar-refractivity contribution in [3.8, 4) is 0 Å². The lowest BCUT2D eigenvalue weighted by Crippen LogP contribution is -2.61. The molecule has 0 aromatic carbocycles. The van der Waals surface area contributed by atoms with Crippen LogP contribution in [0.5, 0.6) is 0 Å². The second-order valence-corrected chi connectivity index (χ2v) is 11.3. The number of nitrogens with one attached hydrogen (secondary N) is 1. The highest BCUT2D eigenvalue weighted by Gasteiger charge is 2.85. The van der Waals surface area contributed by atoms with Crippen molar-refractivity contribution >= 4 is 5.91 Å². The van der Waals surface area contributed by atoms with Crippen LogP contribution in [0.1, 0.15) is 101 Å². The fourth-order valence-corrected chi connectivity index (χ4v) is 8.54. The fraction of sp³-hybridized carbons (Fsp3) is 0.840. The Morgan fingerprint density at radius 1 is 1.10 bits per heavy atom. The number of hydrogen-bond donors (Lipinski definition) is 1. The quantitative estimate of drug-likeness (QED) is 0.782. The summed E-state index contributed by atoms with van der Waals surface area (Å²) in [6, 6.07) is 1.02. The largest absolute Gasteiger partial charge is 0.352 e. The van der Waals surface area contributed by atoms with E-state index in [1.165, 1.54) is 87.6 Å². The van der Waals surface area contributed by atoms with Crippen molar-refractivity contribution in [1.29, 1.82) is 0 Å². The van der Waals surface area contributed by atoms with Gasteiger partial charge < -0.3 is 5.32 Å². The lowest BCUT2D eigenvalue weighted by molar-refractivity contribution is -0.126. The number of aromatic nitrogens is 2. The molecular weight excluding hydrogens is 358 g/mol. The maximum Gasteiger partial charge on any atom is 0.220 e. The molecule has 1 N–H and O–H groups in total. The van der Waals surface area contributed by atoms with Gasteiger partial charge in [-0.25, -0.2) is 0 Å². The van der Waals surface area contributed by atoms with Crippen LogP contribution < -0.4 is 5.32 Å². The number of fused-ring (bicyclic) bond motifs is 2. The van der Waals surface area contributed by atoms with Crippen molar-refractivity contribution in [3.63, 3.8) is 0 Å². The summed E-state index contributed by atoms with van der Waals surface area (Å²) in [5.74, 6) is 2.03. The van der Waals surface area contributed by atoms with Gasteiger partial charge in [0.15, 0.2) is 0 Å². The molecule has 0 spiro atoms. The smallest absolute Gasteiger partial charge is 0.220 e. The average Bonchev–Trinajstić information content (AvgIpc) is 3.00. The van der Waals surface area contributed by atoms with E-state index < -0.39 is 0 Å². The van der Waals surface area contributed by atoms with Crippen molar-refractivity contribution in [3.05, 3.63) is 17.0 Å². The van der Waals surface area contributed by atoms with Gasteiger partial charge in [0.25, 0.3) is 0 Å². The number of amides is 1. The van der Waals surface area contributed by atoms with Crippen molar-refractivity contribution < 1.29 is 4.79 Å². The molecule has 6 rings (SSSR count). The van der Waals surface area contributed by atoms with Crippen molar-refractivity contribution in [2.45, 2.75) is 109 Å². The van der Waals surface area contributed by atoms with Gasteiger partial charge in [0.2, 0.25) is 5.91 Å². The number of carbonyl (C=O) groups is 1. The first-order valence-electron chi connectivity index (χ1n) is 12.4. The summed E-state index contributed by atoms with van der Waals surface area (Å²) in [5.41, 5.74) is 5.05. The van der Waals surface area contributed by atoms with E-state index in [1.807, 2.05) is 0 Å². The Bertz CT molecular complexity index is 837. The first-order valence-corrected chi connectivity index (χ1v) is 12.4. The normalized spacial score (nSPS) is 40.1. The highest BCUT2D eigenvalue weighted by Crippen LogP contribution is 2.86. The van der Waals surface area contributed by atoms with Crippen molar-refractivity contribution in [2.75, 3.05) is 0 Å². The number of carbonyl (C=O) groups excluding carboxylic acids is 1. The fourth-order valence-electron chi connectivity index (χ4n) is 8.54. The van der Waals surface area contributed by atoms with Crippen LogP contribution in [0.3, 0.4) is 0 Å². The maximum atomic E-state index is 12.9. The van der Waals surface area contributed by atoms with Gasteiger partial charge in [-0.1, -0.05) is 33.1 Å². The Kier molecular flexibility index (Phi) is 4.03. The number of hydrogen-bond acceptors (Lipinski definition) is 2. The number of nitrogens with zero attached hydrogens (tertiary/aromatic N) is 2. The van der Waals surface area contributed by atoms with Crippen LogP contribution in [0.15, 0.2) is 0 Å². The predicted octanol–water partition coefficient (Wildman–Crippen LogP) is 4.75. The molecule has 0 aliphatic heterocycles. The van der Waals surface area contributed by atoms with Crippen LogP contribution >= 0.6 is 0 Å². The molecule has 1 heterocycles. The second kappa shape index (κ2) is 6.34. The molecule has 4 fully saturated rings. The van der Waals surface area contributed by atoms with E-state index in [9.17, 15) is 4.79 Å². The predicted molar refractivity (Wildman–Crippen MR) is 114 cm³/mol. The van der Waals surface area contributed by atoms with E-state index >= 15 is 0 Å². The average molecular weight is 396 g/mol. The van der Waals surface area contributed by atoms with E-state index in [0.29, 0.717) is 29.3 Å². The van der Waals surface area contributed by atoms with Crippen LogP contribution in [0.25, 0.3) is 0 Å². The lowest BCUT2D eigenvalue weighted by atomic mass is 9.57. The zero-order chi connectivity index (χ0) is 19.8. The summed E-state index contributed by atoms with van der Waals surface area (Å²) < 4.78 is 2.41. The molecule has 0 bridgehead atoms. The molecule has 5 aliphatic rings. The molecule has 4 heteroatoms. The Morgan fingerprint density at radius 3 is 2.66 bits per heavy atom. The summed E-state index contributed by atoms with van der Waals surface area (Å²) in [4.78, 5) is 12.9. The molecular formula is C25H37N3O. The number of aryl methyl sites for hydroxylation is 1. The van der Waals surface area contributed by atoms with E-state index in [2.05, 4.69) is 23.8 Å². The second-order valence-electron chi connectivity index (χ2n) is 11.3. The molecule has 158 valence electrons. The van der Waals surface area contributed by atoms with E-state index in [1.54, 1.807) is 0 Å². The highest BCUT2D eigenvalue weighted by atomic mass is 16.1. The third kappa shape index (κ3) is 2.50. The molecule has 5 atom stereocenters. The lowest BCUT2D eigenvalue weighted by Gasteiger charge is -2.52. The van der Waals surface area contributed by atoms with E-state index in [0.717, 1.165) is 18.3 Å². The minimum atomic E-state index is 0.255. The third-order valence-corrected chi connectivity index (χ3v) is 9.86. The van der Waals surface area contributed by atoms with Gasteiger partial charge in [-0.15, -0.1) is 0 Å². The zero-order valence-electron chi connectivity index (χ0n) is 18.3. The summed E-state index contributed by atoms with van der Waals surface area (Å²) in [6.07, 6.45) is 15.7. The van der Waals surface area contributed by atoms with Gasteiger partial charge in [0, 0.05) is 24.6 Å². The van der Waals surface area contributed by atoms with Gasteiger partial charge in [-0.05, 0) is 79.6 Å². The standard InChI is InChI=1S/C25H37N3O/c1-24-15-14-18-22(24)25(18,2)23(24)26-21(29)13-12-19-17-10-6-7-11-20(17)28(27-19)16-8-4-3-5-9-16/h16,18,22-23H,3-15H2,1-2H3,(H,26,29). The minimum Gasteiger partial charge on any atom is -0.352 e. The molecule has 0 radical (unpaired) electrons. The van der Waals surface area contributed by atoms with Gasteiger partial charge in [-0.3, -0.25) is 9.48 Å². The summed E-state index contributed by atoms with van der Waals surface area (Å²) in [5, 5.41) is 8.59. The Labute approximate surface area is 175 Å². The minimum absolute atomic E-state index is 0.255. The van der Waals surface area contributed by atoms with Crippen LogP contribution in [0.2, 0.25) is 0 Å². The van der Waals surface area contributed by atoms with E-state index in [4.69, 9.17) is 5.10 Å². The molecule has 29 heavy (non-hydrogen) atoms. The number of rotatable bonds is 5. The van der Waals surface area contributed by atoms with Gasteiger partial charge >= 0.3 is 0 Å². The monoisotopic (exact) mass is 395 g/mol. The van der Waals surface area contributed by atoms with Gasteiger partial charge in [0.05, 0.1) is 11.7 Å². The van der Waals surface area contributed by atoms with E-state index in [-0.39, 0.29) is 5.91 Å². The molecule has 5 aliphatic carbocycles. The van der Waals surface area contributed by atoms with Crippen LogP contribution in [-0.2, 0) is 24.1 Å². The zero-order valence-corrected chi connectivity index (χ0v) is 18.3. The van der Waals surface area contributed by atoms with Crippen LogP contribution in [0, 0.1) is 22.7 Å². The van der Waals surface area contributed by atoms with Gasteiger partial charge in [0.1, 0.15) is 0 Å². The van der Waals surface area contributed by atoms with Crippen molar-refractivity contribution in [2.24, 2.45) is 22.7 Å².